The molecule has 0 unspecified atom stereocenters. The molecule has 8 heteroatoms. The van der Waals surface area contributed by atoms with Crippen molar-refractivity contribution in [3.05, 3.63) is 63.6 Å². The minimum Gasteiger partial charge on any atom is -0.497 e. The SMILES string of the molecule is COc1ccc(C[C@H](NC(=O)C2(c3ccc(Cl)cc3Cl)CC2)C(=O)N2CCN(C)CC2)cc1. The number of rotatable bonds is 7. The number of carbonyl (C=O) groups excluding carboxylic acids is 2. The van der Waals surface area contributed by atoms with Gasteiger partial charge in [0.15, 0.2) is 0 Å². The Labute approximate surface area is 204 Å². The number of methoxy groups -OCH3 is 1. The summed E-state index contributed by atoms with van der Waals surface area (Å²) >= 11 is 12.5. The van der Waals surface area contributed by atoms with Crippen LogP contribution in [-0.4, -0.2) is 68.0 Å². The van der Waals surface area contributed by atoms with Crippen molar-refractivity contribution in [1.29, 1.82) is 0 Å². The lowest BCUT2D eigenvalue weighted by Crippen LogP contribution is -2.56. The van der Waals surface area contributed by atoms with Crippen LogP contribution in [-0.2, 0) is 21.4 Å². The molecule has 2 fully saturated rings. The van der Waals surface area contributed by atoms with E-state index in [-0.39, 0.29) is 11.8 Å². The Morgan fingerprint density at radius 1 is 1.06 bits per heavy atom. The fourth-order valence-electron chi connectivity index (χ4n) is 4.36. The minimum absolute atomic E-state index is 0.0507. The smallest absolute Gasteiger partial charge is 0.245 e. The number of halogens is 2. The Kier molecular flexibility index (Phi) is 7.17. The highest BCUT2D eigenvalue weighted by Gasteiger charge is 2.53. The Bertz CT molecular complexity index is 1020. The first-order chi connectivity index (χ1) is 15.8. The highest BCUT2D eigenvalue weighted by Crippen LogP contribution is 2.51. The molecule has 1 aliphatic carbocycles. The molecular formula is C25H29Cl2N3O3. The summed E-state index contributed by atoms with van der Waals surface area (Å²) in [5.41, 5.74) is 1.02. The van der Waals surface area contributed by atoms with Gasteiger partial charge in [-0.3, -0.25) is 9.59 Å². The monoisotopic (exact) mass is 489 g/mol. The second kappa shape index (κ2) is 9.92. The molecule has 1 atom stereocenters. The molecule has 0 radical (unpaired) electrons. The van der Waals surface area contributed by atoms with E-state index in [2.05, 4.69) is 10.2 Å². The summed E-state index contributed by atoms with van der Waals surface area (Å²) < 4.78 is 5.24. The number of benzene rings is 2. The van der Waals surface area contributed by atoms with Crippen LogP contribution in [0.2, 0.25) is 10.0 Å². The molecule has 176 valence electrons. The molecule has 33 heavy (non-hydrogen) atoms. The average Bonchev–Trinajstić information content (AvgIpc) is 3.61. The third-order valence-corrected chi connectivity index (χ3v) is 7.20. The van der Waals surface area contributed by atoms with E-state index >= 15 is 0 Å². The summed E-state index contributed by atoms with van der Waals surface area (Å²) in [6.07, 6.45) is 1.79. The maximum absolute atomic E-state index is 13.5. The largest absolute Gasteiger partial charge is 0.497 e. The second-order valence-electron chi connectivity index (χ2n) is 8.91. The fourth-order valence-corrected chi connectivity index (χ4v) is 4.95. The van der Waals surface area contributed by atoms with E-state index in [4.69, 9.17) is 27.9 Å². The lowest BCUT2D eigenvalue weighted by Gasteiger charge is -2.35. The Balaban J connectivity index is 1.55. The normalized spacial score (nSPS) is 18.5. The molecule has 2 amide bonds. The summed E-state index contributed by atoms with van der Waals surface area (Å²) in [7, 11) is 3.66. The number of hydrogen-bond donors (Lipinski definition) is 1. The van der Waals surface area contributed by atoms with Gasteiger partial charge in [-0.05, 0) is 55.3 Å². The maximum Gasteiger partial charge on any atom is 0.245 e. The summed E-state index contributed by atoms with van der Waals surface area (Å²) in [4.78, 5) is 31.0. The molecule has 1 aliphatic heterocycles. The molecule has 0 spiro atoms. The highest BCUT2D eigenvalue weighted by atomic mass is 35.5. The van der Waals surface area contributed by atoms with Gasteiger partial charge in [0.2, 0.25) is 11.8 Å². The topological polar surface area (TPSA) is 61.9 Å². The Hall–Kier alpha value is -2.28. The van der Waals surface area contributed by atoms with Gasteiger partial charge in [-0.2, -0.15) is 0 Å². The zero-order chi connectivity index (χ0) is 23.6. The molecular weight excluding hydrogens is 461 g/mol. The molecule has 2 aliphatic rings. The number of likely N-dealkylation sites (N-methyl/N-ethyl adjacent to an activating group) is 1. The van der Waals surface area contributed by atoms with Crippen molar-refractivity contribution in [3.63, 3.8) is 0 Å². The first kappa shape index (κ1) is 23.9. The molecule has 0 bridgehead atoms. The molecule has 1 saturated heterocycles. The van der Waals surface area contributed by atoms with Crippen LogP contribution < -0.4 is 10.1 Å². The number of nitrogens with one attached hydrogen (secondary N) is 1. The van der Waals surface area contributed by atoms with Gasteiger partial charge in [0, 0.05) is 42.6 Å². The number of piperazine rings is 1. The minimum atomic E-state index is -0.706. The van der Waals surface area contributed by atoms with E-state index in [0.29, 0.717) is 42.4 Å². The summed E-state index contributed by atoms with van der Waals surface area (Å²) in [5, 5.41) is 4.09. The van der Waals surface area contributed by atoms with Gasteiger partial charge in [-0.15, -0.1) is 0 Å². The fraction of sp³-hybridized carbons (Fsp3) is 0.440. The standard InChI is InChI=1S/C25H29Cl2N3O3/c1-29-11-13-30(14-12-29)23(31)22(15-17-3-6-19(33-2)7-4-17)28-24(32)25(9-10-25)20-8-5-18(26)16-21(20)27/h3-8,16,22H,9-15H2,1-2H3,(H,28,32)/t22-/m0/s1. The molecule has 0 aromatic heterocycles. The maximum atomic E-state index is 13.5. The molecule has 1 heterocycles. The molecule has 2 aromatic rings. The molecule has 6 nitrogen and oxygen atoms in total. The predicted octanol–water partition coefficient (Wildman–Crippen LogP) is 3.54. The zero-order valence-corrected chi connectivity index (χ0v) is 20.5. The lowest BCUT2D eigenvalue weighted by atomic mass is 9.93. The van der Waals surface area contributed by atoms with Crippen molar-refractivity contribution in [2.45, 2.75) is 30.7 Å². The summed E-state index contributed by atoms with van der Waals surface area (Å²) in [5.74, 6) is 0.539. The van der Waals surface area contributed by atoms with Crippen LogP contribution in [0.5, 0.6) is 5.75 Å². The van der Waals surface area contributed by atoms with Crippen LogP contribution in [0, 0.1) is 0 Å². The van der Waals surface area contributed by atoms with Crippen molar-refractivity contribution >= 4 is 35.0 Å². The first-order valence-electron chi connectivity index (χ1n) is 11.2. The van der Waals surface area contributed by atoms with Gasteiger partial charge in [-0.1, -0.05) is 41.4 Å². The number of ether oxygens (including phenoxy) is 1. The van der Waals surface area contributed by atoms with Crippen LogP contribution >= 0.6 is 23.2 Å². The van der Waals surface area contributed by atoms with E-state index < -0.39 is 11.5 Å². The van der Waals surface area contributed by atoms with Gasteiger partial charge in [0.05, 0.1) is 12.5 Å². The van der Waals surface area contributed by atoms with Gasteiger partial charge in [-0.25, -0.2) is 0 Å². The molecule has 1 saturated carbocycles. The third kappa shape index (κ3) is 5.29. The van der Waals surface area contributed by atoms with Gasteiger partial charge >= 0.3 is 0 Å². The van der Waals surface area contributed by atoms with Crippen molar-refractivity contribution in [3.8, 4) is 5.75 Å². The van der Waals surface area contributed by atoms with Crippen molar-refractivity contribution < 1.29 is 14.3 Å². The van der Waals surface area contributed by atoms with E-state index in [1.165, 1.54) is 0 Å². The van der Waals surface area contributed by atoms with E-state index in [1.54, 1.807) is 19.2 Å². The number of hydrogen-bond acceptors (Lipinski definition) is 4. The predicted molar refractivity (Wildman–Crippen MR) is 130 cm³/mol. The van der Waals surface area contributed by atoms with E-state index in [0.717, 1.165) is 30.0 Å². The van der Waals surface area contributed by atoms with Crippen molar-refractivity contribution in [2.24, 2.45) is 0 Å². The average molecular weight is 490 g/mol. The second-order valence-corrected chi connectivity index (χ2v) is 9.76. The van der Waals surface area contributed by atoms with Gasteiger partial charge in [0.1, 0.15) is 11.8 Å². The first-order valence-corrected chi connectivity index (χ1v) is 11.9. The third-order valence-electron chi connectivity index (χ3n) is 6.65. The Morgan fingerprint density at radius 3 is 2.30 bits per heavy atom. The van der Waals surface area contributed by atoms with Crippen LogP contribution in [0.4, 0.5) is 0 Å². The van der Waals surface area contributed by atoms with Gasteiger partial charge in [0.25, 0.3) is 0 Å². The van der Waals surface area contributed by atoms with Gasteiger partial charge < -0.3 is 19.9 Å². The van der Waals surface area contributed by atoms with Crippen LogP contribution in [0.15, 0.2) is 42.5 Å². The van der Waals surface area contributed by atoms with Crippen LogP contribution in [0.3, 0.4) is 0 Å². The van der Waals surface area contributed by atoms with Crippen LogP contribution in [0.1, 0.15) is 24.0 Å². The lowest BCUT2D eigenvalue weighted by molar-refractivity contribution is -0.138. The highest BCUT2D eigenvalue weighted by molar-refractivity contribution is 6.35. The summed E-state index contributed by atoms with van der Waals surface area (Å²) in [6, 6.07) is 12.2. The zero-order valence-electron chi connectivity index (χ0n) is 18.9. The van der Waals surface area contributed by atoms with E-state index in [1.807, 2.05) is 42.3 Å². The molecule has 1 N–H and O–H groups in total. The number of nitrogens with zero attached hydrogens (tertiary/aromatic N) is 2. The summed E-state index contributed by atoms with van der Waals surface area (Å²) in [6.45, 7) is 2.94. The van der Waals surface area contributed by atoms with E-state index in [9.17, 15) is 9.59 Å². The molecule has 4 rings (SSSR count). The number of amides is 2. The number of carbonyl (C=O) groups is 2. The quantitative estimate of drug-likeness (QED) is 0.645. The van der Waals surface area contributed by atoms with Crippen molar-refractivity contribution in [2.75, 3.05) is 40.3 Å². The Morgan fingerprint density at radius 2 is 1.73 bits per heavy atom. The van der Waals surface area contributed by atoms with Crippen molar-refractivity contribution in [1.82, 2.24) is 15.1 Å². The molecule has 2 aromatic carbocycles. The van der Waals surface area contributed by atoms with Crippen LogP contribution in [0.25, 0.3) is 0 Å².